The van der Waals surface area contributed by atoms with E-state index in [-0.39, 0.29) is 0 Å². The van der Waals surface area contributed by atoms with E-state index in [0.29, 0.717) is 0 Å². The molecule has 0 amide bonds. The number of benzene rings is 5. The molecule has 0 radical (unpaired) electrons. The number of rotatable bonds is 4. The van der Waals surface area contributed by atoms with Crippen molar-refractivity contribution in [2.24, 2.45) is 0 Å². The van der Waals surface area contributed by atoms with E-state index in [1.54, 1.807) is 0 Å². The van der Waals surface area contributed by atoms with Crippen LogP contribution in [0.1, 0.15) is 0 Å². The molecule has 0 saturated carbocycles. The first-order valence-corrected chi connectivity index (χ1v) is 12.5. The molecule has 0 bridgehead atoms. The summed E-state index contributed by atoms with van der Waals surface area (Å²) in [5.41, 5.74) is 5.90. The lowest BCUT2D eigenvalue weighted by Gasteiger charge is -2.25. The summed E-state index contributed by atoms with van der Waals surface area (Å²) < 4.78 is 3.72. The number of thiophene rings is 1. The number of hydrogen-bond donors (Lipinski definition) is 0. The Morgan fingerprint density at radius 1 is 0.485 bits per heavy atom. The smallest absolute Gasteiger partial charge is 0.0476 e. The minimum absolute atomic E-state index is 1.11. The molecule has 0 aliphatic heterocycles. The van der Waals surface area contributed by atoms with Crippen LogP contribution in [0, 0.1) is 0 Å². The normalized spacial score (nSPS) is 11.2. The number of nitrogens with zero attached hydrogens (tertiary/aromatic N) is 1. The molecule has 1 aromatic heterocycles. The summed E-state index contributed by atoms with van der Waals surface area (Å²) >= 11 is 5.47. The zero-order chi connectivity index (χ0) is 22.2. The van der Waals surface area contributed by atoms with Gasteiger partial charge in [-0.3, -0.25) is 0 Å². The third-order valence-corrected chi connectivity index (χ3v) is 7.55. The summed E-state index contributed by atoms with van der Waals surface area (Å²) in [7, 11) is 0. The Kier molecular flexibility index (Phi) is 5.21. The SMILES string of the molecule is Brc1ccc2sc3cc(N(c4ccccc4)c4ccc(-c5ccccc5)cc4)ccc3c2c1. The van der Waals surface area contributed by atoms with E-state index >= 15 is 0 Å². The molecule has 6 rings (SSSR count). The van der Waals surface area contributed by atoms with Crippen LogP contribution in [0.25, 0.3) is 31.3 Å². The Morgan fingerprint density at radius 2 is 1.12 bits per heavy atom. The molecule has 0 fully saturated rings. The van der Waals surface area contributed by atoms with Crippen molar-refractivity contribution in [3.05, 3.63) is 126 Å². The third-order valence-electron chi connectivity index (χ3n) is 5.92. The van der Waals surface area contributed by atoms with Gasteiger partial charge in [0.25, 0.3) is 0 Å². The van der Waals surface area contributed by atoms with Crippen molar-refractivity contribution in [2.75, 3.05) is 4.90 Å². The Labute approximate surface area is 205 Å². The van der Waals surface area contributed by atoms with Crippen LogP contribution in [0.5, 0.6) is 0 Å². The second-order valence-electron chi connectivity index (χ2n) is 8.01. The number of anilines is 3. The highest BCUT2D eigenvalue weighted by Crippen LogP contribution is 2.41. The van der Waals surface area contributed by atoms with Crippen LogP contribution >= 0.6 is 27.3 Å². The number of fused-ring (bicyclic) bond motifs is 3. The van der Waals surface area contributed by atoms with E-state index in [1.807, 2.05) is 11.3 Å². The minimum atomic E-state index is 1.11. The van der Waals surface area contributed by atoms with Crippen LogP contribution in [0.15, 0.2) is 126 Å². The number of para-hydroxylation sites is 1. The maximum Gasteiger partial charge on any atom is 0.0476 e. The van der Waals surface area contributed by atoms with Crippen LogP contribution in [0.2, 0.25) is 0 Å². The van der Waals surface area contributed by atoms with Crippen LogP contribution in [-0.4, -0.2) is 0 Å². The van der Waals surface area contributed by atoms with Gasteiger partial charge >= 0.3 is 0 Å². The second kappa shape index (κ2) is 8.51. The van der Waals surface area contributed by atoms with Gasteiger partial charge in [-0.25, -0.2) is 0 Å². The molecule has 0 N–H and O–H groups in total. The highest BCUT2D eigenvalue weighted by molar-refractivity contribution is 9.10. The molecule has 0 aliphatic carbocycles. The van der Waals surface area contributed by atoms with Gasteiger partial charge in [0.15, 0.2) is 0 Å². The molecule has 0 unspecified atom stereocenters. The molecular formula is C30H20BrNS. The van der Waals surface area contributed by atoms with Crippen LogP contribution < -0.4 is 4.90 Å². The van der Waals surface area contributed by atoms with Crippen molar-refractivity contribution in [1.82, 2.24) is 0 Å². The predicted octanol–water partition coefficient (Wildman–Crippen LogP) is 9.95. The van der Waals surface area contributed by atoms with Gasteiger partial charge in [0.2, 0.25) is 0 Å². The molecule has 0 spiro atoms. The number of halogens is 1. The van der Waals surface area contributed by atoms with E-state index < -0.39 is 0 Å². The van der Waals surface area contributed by atoms with Crippen LogP contribution in [0.4, 0.5) is 17.1 Å². The monoisotopic (exact) mass is 505 g/mol. The molecule has 0 aliphatic rings. The lowest BCUT2D eigenvalue weighted by molar-refractivity contribution is 1.29. The topological polar surface area (TPSA) is 3.24 Å². The van der Waals surface area contributed by atoms with Gasteiger partial charge in [0.1, 0.15) is 0 Å². The van der Waals surface area contributed by atoms with Crippen LogP contribution in [-0.2, 0) is 0 Å². The Morgan fingerprint density at radius 3 is 1.88 bits per heavy atom. The van der Waals surface area contributed by atoms with Crippen molar-refractivity contribution in [3.8, 4) is 11.1 Å². The quantitative estimate of drug-likeness (QED) is 0.230. The first-order chi connectivity index (χ1) is 16.3. The Bertz CT molecular complexity index is 1550. The van der Waals surface area contributed by atoms with Gasteiger partial charge in [0, 0.05) is 41.7 Å². The van der Waals surface area contributed by atoms with Gasteiger partial charge in [0.05, 0.1) is 0 Å². The first-order valence-electron chi connectivity index (χ1n) is 10.9. The lowest BCUT2D eigenvalue weighted by atomic mass is 10.0. The van der Waals surface area contributed by atoms with Crippen molar-refractivity contribution in [1.29, 1.82) is 0 Å². The lowest BCUT2D eigenvalue weighted by Crippen LogP contribution is -2.09. The summed E-state index contributed by atoms with van der Waals surface area (Å²) in [6, 6.07) is 43.2. The second-order valence-corrected chi connectivity index (χ2v) is 10.0. The zero-order valence-corrected chi connectivity index (χ0v) is 20.2. The molecule has 158 valence electrons. The van der Waals surface area contributed by atoms with Gasteiger partial charge in [-0.15, -0.1) is 11.3 Å². The summed E-state index contributed by atoms with van der Waals surface area (Å²) in [6.07, 6.45) is 0. The van der Waals surface area contributed by atoms with Crippen molar-refractivity contribution in [3.63, 3.8) is 0 Å². The van der Waals surface area contributed by atoms with Gasteiger partial charge < -0.3 is 4.90 Å². The van der Waals surface area contributed by atoms with Crippen molar-refractivity contribution < 1.29 is 0 Å². The van der Waals surface area contributed by atoms with E-state index in [1.165, 1.54) is 31.3 Å². The molecule has 1 heterocycles. The maximum atomic E-state index is 3.62. The largest absolute Gasteiger partial charge is 0.310 e. The van der Waals surface area contributed by atoms with E-state index in [0.717, 1.165) is 21.5 Å². The fourth-order valence-electron chi connectivity index (χ4n) is 4.34. The molecule has 0 saturated heterocycles. The number of hydrogen-bond acceptors (Lipinski definition) is 2. The molecular weight excluding hydrogens is 486 g/mol. The van der Waals surface area contributed by atoms with Gasteiger partial charge in [-0.1, -0.05) is 82.7 Å². The summed E-state index contributed by atoms with van der Waals surface area (Å²) in [5.74, 6) is 0. The predicted molar refractivity (Wildman–Crippen MR) is 147 cm³/mol. The average molecular weight is 506 g/mol. The van der Waals surface area contributed by atoms with Gasteiger partial charge in [-0.05, 0) is 65.7 Å². The van der Waals surface area contributed by atoms with Crippen molar-refractivity contribution >= 4 is 64.5 Å². The Balaban J connectivity index is 1.48. The summed E-state index contributed by atoms with van der Waals surface area (Å²) in [6.45, 7) is 0. The summed E-state index contributed by atoms with van der Waals surface area (Å²) in [4.78, 5) is 2.33. The maximum absolute atomic E-state index is 3.62. The third kappa shape index (κ3) is 3.84. The Hall–Kier alpha value is -3.40. The molecule has 6 aromatic rings. The summed E-state index contributed by atoms with van der Waals surface area (Å²) in [5, 5.41) is 2.60. The van der Waals surface area contributed by atoms with Crippen LogP contribution in [0.3, 0.4) is 0 Å². The van der Waals surface area contributed by atoms with Crippen molar-refractivity contribution in [2.45, 2.75) is 0 Å². The highest BCUT2D eigenvalue weighted by atomic mass is 79.9. The van der Waals surface area contributed by atoms with Gasteiger partial charge in [-0.2, -0.15) is 0 Å². The zero-order valence-electron chi connectivity index (χ0n) is 17.8. The molecule has 1 nitrogen and oxygen atoms in total. The average Bonchev–Trinajstić information content (AvgIpc) is 3.23. The molecule has 3 heteroatoms. The highest BCUT2D eigenvalue weighted by Gasteiger charge is 2.14. The minimum Gasteiger partial charge on any atom is -0.310 e. The van der Waals surface area contributed by atoms with E-state index in [2.05, 4.69) is 142 Å². The molecule has 0 atom stereocenters. The molecule has 33 heavy (non-hydrogen) atoms. The van der Waals surface area contributed by atoms with E-state index in [4.69, 9.17) is 0 Å². The fraction of sp³-hybridized carbons (Fsp3) is 0. The first kappa shape index (κ1) is 20.2. The standard InChI is InChI=1S/C30H20BrNS/c31-23-13-18-29-28(19-23)27-17-16-26(20-30(27)33-29)32(24-9-5-2-6-10-24)25-14-11-22(12-15-25)21-7-3-1-4-8-21/h1-20H. The molecule has 5 aromatic carbocycles. The fourth-order valence-corrected chi connectivity index (χ4v) is 5.82. The van der Waals surface area contributed by atoms with E-state index in [9.17, 15) is 0 Å².